The zero-order valence-electron chi connectivity index (χ0n) is 12.6. The number of rotatable bonds is 4. The normalized spacial score (nSPS) is 19.6. The number of halogens is 4. The molecule has 0 aromatic heterocycles. The zero-order chi connectivity index (χ0) is 18.8. The van der Waals surface area contributed by atoms with Crippen molar-refractivity contribution in [2.75, 3.05) is 0 Å². The highest BCUT2D eigenvalue weighted by atomic mass is 32.2. The van der Waals surface area contributed by atoms with Crippen LogP contribution in [-0.4, -0.2) is 33.6 Å². The van der Waals surface area contributed by atoms with Gasteiger partial charge >= 0.3 is 12.1 Å². The van der Waals surface area contributed by atoms with Crippen molar-refractivity contribution in [3.05, 3.63) is 34.6 Å². The number of carboxylic acid groups (broad SMARTS) is 1. The van der Waals surface area contributed by atoms with Crippen molar-refractivity contribution in [2.24, 2.45) is 10.2 Å². The number of benzene rings is 1. The summed E-state index contributed by atoms with van der Waals surface area (Å²) in [6.07, 6.45) is -4.15. The number of nitrogens with zero attached hydrogens (tertiary/aromatic N) is 2. The van der Waals surface area contributed by atoms with Crippen LogP contribution in [0.4, 0.5) is 17.6 Å². The second-order valence-corrected chi connectivity index (χ2v) is 6.22. The van der Waals surface area contributed by atoms with E-state index in [9.17, 15) is 27.2 Å². The number of hydrogen-bond acceptors (Lipinski definition) is 5. The molecule has 1 saturated heterocycles. The Bertz CT molecular complexity index is 777. The molecule has 1 heterocycles. The van der Waals surface area contributed by atoms with E-state index < -0.39 is 41.1 Å². The van der Waals surface area contributed by atoms with Crippen molar-refractivity contribution >= 4 is 35.0 Å². The van der Waals surface area contributed by atoms with Gasteiger partial charge in [0.1, 0.15) is 11.1 Å². The molecule has 134 valence electrons. The summed E-state index contributed by atoms with van der Waals surface area (Å²) in [6.45, 7) is 1.19. The van der Waals surface area contributed by atoms with Crippen molar-refractivity contribution in [2.45, 2.75) is 24.8 Å². The third-order valence-corrected chi connectivity index (χ3v) is 4.20. The van der Waals surface area contributed by atoms with Gasteiger partial charge in [-0.25, -0.2) is 4.39 Å². The summed E-state index contributed by atoms with van der Waals surface area (Å²) < 4.78 is 51.8. The van der Waals surface area contributed by atoms with Gasteiger partial charge in [-0.05, 0) is 24.6 Å². The fraction of sp³-hybridized carbons (Fsp3) is 0.286. The standard InChI is InChI=1S/C14H11F4N3O3S/c1-6-2-7(9(15)3-8(6)14(16,17)18)5-19-21-13-20-12(24)10(25-13)4-11(22)23/h2-3,5,10H,4H2,1H3,(H,22,23)(H,20,21,24). The van der Waals surface area contributed by atoms with Crippen LogP contribution in [0.5, 0.6) is 0 Å². The van der Waals surface area contributed by atoms with Crippen molar-refractivity contribution in [3.8, 4) is 0 Å². The molecule has 1 aromatic carbocycles. The lowest BCUT2D eigenvalue weighted by molar-refractivity contribution is -0.139. The summed E-state index contributed by atoms with van der Waals surface area (Å²) in [4.78, 5) is 22.1. The second kappa shape index (κ2) is 7.21. The quantitative estimate of drug-likeness (QED) is 0.479. The molecule has 11 heteroatoms. The predicted molar refractivity (Wildman–Crippen MR) is 82.9 cm³/mol. The maximum Gasteiger partial charge on any atom is 0.416 e. The molecule has 1 aromatic rings. The summed E-state index contributed by atoms with van der Waals surface area (Å²) in [5, 5.41) is 17.3. The Morgan fingerprint density at radius 1 is 1.44 bits per heavy atom. The Morgan fingerprint density at radius 3 is 2.72 bits per heavy atom. The van der Waals surface area contributed by atoms with Gasteiger partial charge < -0.3 is 10.4 Å². The van der Waals surface area contributed by atoms with Crippen molar-refractivity contribution in [1.82, 2.24) is 5.32 Å². The van der Waals surface area contributed by atoms with Gasteiger partial charge in [-0.1, -0.05) is 11.8 Å². The number of carboxylic acids is 1. The van der Waals surface area contributed by atoms with Gasteiger partial charge in [0.25, 0.3) is 0 Å². The summed E-state index contributed by atoms with van der Waals surface area (Å²) >= 11 is 0.848. The molecule has 1 atom stereocenters. The number of amidine groups is 1. The summed E-state index contributed by atoms with van der Waals surface area (Å²) in [5.74, 6) is -2.81. The highest BCUT2D eigenvalue weighted by molar-refractivity contribution is 8.15. The van der Waals surface area contributed by atoms with Gasteiger partial charge in [0.15, 0.2) is 5.17 Å². The van der Waals surface area contributed by atoms with E-state index in [4.69, 9.17) is 5.11 Å². The molecule has 1 aliphatic heterocycles. The minimum absolute atomic E-state index is 0.0246. The van der Waals surface area contributed by atoms with Gasteiger partial charge in [-0.3, -0.25) is 9.59 Å². The first-order valence-electron chi connectivity index (χ1n) is 6.75. The van der Waals surface area contributed by atoms with Gasteiger partial charge in [0, 0.05) is 5.56 Å². The topological polar surface area (TPSA) is 91.1 Å². The smallest absolute Gasteiger partial charge is 0.416 e. The lowest BCUT2D eigenvalue weighted by Crippen LogP contribution is -2.26. The predicted octanol–water partition coefficient (Wildman–Crippen LogP) is 2.55. The Morgan fingerprint density at radius 2 is 2.12 bits per heavy atom. The number of amides is 1. The largest absolute Gasteiger partial charge is 0.481 e. The van der Waals surface area contributed by atoms with Crippen molar-refractivity contribution in [1.29, 1.82) is 0 Å². The number of aliphatic carboxylic acids is 1. The van der Waals surface area contributed by atoms with E-state index in [1.807, 2.05) is 0 Å². The number of alkyl halides is 3. The molecule has 0 spiro atoms. The fourth-order valence-corrected chi connectivity index (χ4v) is 2.91. The van der Waals surface area contributed by atoms with E-state index in [1.165, 1.54) is 6.92 Å². The SMILES string of the molecule is Cc1cc(C=NN=C2NC(=O)C(CC(=O)O)S2)c(F)cc1C(F)(F)F. The Balaban J connectivity index is 2.14. The fourth-order valence-electron chi connectivity index (χ4n) is 2.00. The van der Waals surface area contributed by atoms with Crippen LogP contribution in [-0.2, 0) is 15.8 Å². The van der Waals surface area contributed by atoms with E-state index in [0.29, 0.717) is 6.07 Å². The van der Waals surface area contributed by atoms with Crippen molar-refractivity contribution in [3.63, 3.8) is 0 Å². The first kappa shape index (κ1) is 18.9. The van der Waals surface area contributed by atoms with Crippen molar-refractivity contribution < 1.29 is 32.3 Å². The molecule has 1 fully saturated rings. The second-order valence-electron chi connectivity index (χ2n) is 5.03. The van der Waals surface area contributed by atoms with Gasteiger partial charge in [0.05, 0.1) is 18.2 Å². The number of carbonyl (C=O) groups is 2. The van der Waals surface area contributed by atoms with Crippen LogP contribution >= 0.6 is 11.8 Å². The first-order chi connectivity index (χ1) is 11.6. The van der Waals surface area contributed by atoms with E-state index in [0.717, 1.165) is 24.0 Å². The molecular weight excluding hydrogens is 366 g/mol. The first-order valence-corrected chi connectivity index (χ1v) is 7.63. The Labute approximate surface area is 143 Å². The molecule has 1 aliphatic rings. The number of nitrogens with one attached hydrogen (secondary N) is 1. The minimum atomic E-state index is -4.66. The highest BCUT2D eigenvalue weighted by Gasteiger charge is 2.33. The van der Waals surface area contributed by atoms with E-state index in [2.05, 4.69) is 15.5 Å². The number of aryl methyl sites for hydroxylation is 1. The number of thioether (sulfide) groups is 1. The molecule has 1 unspecified atom stereocenters. The molecule has 2 N–H and O–H groups in total. The Hall–Kier alpha value is -2.43. The van der Waals surface area contributed by atoms with Crippen LogP contribution < -0.4 is 5.32 Å². The van der Waals surface area contributed by atoms with Crippen LogP contribution in [0.2, 0.25) is 0 Å². The molecule has 0 saturated carbocycles. The average molecular weight is 377 g/mol. The van der Waals surface area contributed by atoms with E-state index >= 15 is 0 Å². The van der Waals surface area contributed by atoms with Gasteiger partial charge in [0.2, 0.25) is 5.91 Å². The monoisotopic (exact) mass is 377 g/mol. The van der Waals surface area contributed by atoms with Crippen LogP contribution in [0.1, 0.15) is 23.1 Å². The van der Waals surface area contributed by atoms with Crippen LogP contribution in [0.15, 0.2) is 22.3 Å². The maximum absolute atomic E-state index is 13.7. The summed E-state index contributed by atoms with van der Waals surface area (Å²) in [5.41, 5.74) is -1.46. The molecule has 2 rings (SSSR count). The molecule has 0 bridgehead atoms. The average Bonchev–Trinajstić information content (AvgIpc) is 2.80. The molecule has 6 nitrogen and oxygen atoms in total. The Kier molecular flexibility index (Phi) is 5.45. The maximum atomic E-state index is 13.7. The molecule has 0 radical (unpaired) electrons. The zero-order valence-corrected chi connectivity index (χ0v) is 13.4. The lowest BCUT2D eigenvalue weighted by Gasteiger charge is -2.11. The third kappa shape index (κ3) is 4.78. The molecule has 25 heavy (non-hydrogen) atoms. The van der Waals surface area contributed by atoms with Crippen LogP contribution in [0.25, 0.3) is 0 Å². The highest BCUT2D eigenvalue weighted by Crippen LogP contribution is 2.32. The van der Waals surface area contributed by atoms with Crippen LogP contribution in [0, 0.1) is 12.7 Å². The minimum Gasteiger partial charge on any atom is -0.481 e. The van der Waals surface area contributed by atoms with Crippen LogP contribution in [0.3, 0.4) is 0 Å². The molecule has 1 amide bonds. The molecular formula is C14H11F4N3O3S. The van der Waals surface area contributed by atoms with Gasteiger partial charge in [-0.2, -0.15) is 18.3 Å². The third-order valence-electron chi connectivity index (χ3n) is 3.13. The summed E-state index contributed by atoms with van der Waals surface area (Å²) in [7, 11) is 0. The van der Waals surface area contributed by atoms with Gasteiger partial charge in [-0.15, -0.1) is 5.10 Å². The number of hydrogen-bond donors (Lipinski definition) is 2. The van der Waals surface area contributed by atoms with E-state index in [-0.39, 0.29) is 16.3 Å². The van der Waals surface area contributed by atoms with E-state index in [1.54, 1.807) is 0 Å². The number of carbonyl (C=O) groups excluding carboxylic acids is 1. The summed E-state index contributed by atoms with van der Waals surface area (Å²) in [6, 6.07) is 1.36. The lowest BCUT2D eigenvalue weighted by atomic mass is 10.0. The molecule has 0 aliphatic carbocycles.